The highest BCUT2D eigenvalue weighted by atomic mass is 32.2. The maximum absolute atomic E-state index is 12.3. The van der Waals surface area contributed by atoms with Crippen LogP contribution in [0.1, 0.15) is 31.2 Å². The Morgan fingerprint density at radius 2 is 2.04 bits per heavy atom. The van der Waals surface area contributed by atoms with Gasteiger partial charge in [-0.25, -0.2) is 4.68 Å². The van der Waals surface area contributed by atoms with Crippen LogP contribution in [-0.4, -0.2) is 27.3 Å². The predicted octanol–water partition coefficient (Wildman–Crippen LogP) is 3.38. The second kappa shape index (κ2) is 7.68. The smallest absolute Gasteiger partial charge is 0.269 e. The normalized spacial score (nSPS) is 21.1. The van der Waals surface area contributed by atoms with E-state index in [2.05, 4.69) is 16.7 Å². The zero-order valence-corrected chi connectivity index (χ0v) is 14.3. The number of anilines is 1. The molecule has 3 rings (SSSR count). The molecule has 0 radical (unpaired) electrons. The van der Waals surface area contributed by atoms with Crippen molar-refractivity contribution in [3.05, 3.63) is 58.5 Å². The Hall–Kier alpha value is -1.75. The highest BCUT2D eigenvalue weighted by molar-refractivity contribution is 7.99. The molecule has 1 fully saturated rings. The van der Waals surface area contributed by atoms with Gasteiger partial charge in [-0.15, -0.1) is 0 Å². The molecule has 0 saturated heterocycles. The van der Waals surface area contributed by atoms with E-state index < -0.39 is 0 Å². The maximum Gasteiger partial charge on any atom is 0.269 e. The van der Waals surface area contributed by atoms with Gasteiger partial charge in [0, 0.05) is 17.4 Å². The lowest BCUT2D eigenvalue weighted by Crippen LogP contribution is -2.35. The van der Waals surface area contributed by atoms with Crippen molar-refractivity contribution in [2.45, 2.75) is 43.5 Å². The van der Waals surface area contributed by atoms with E-state index >= 15 is 0 Å². The van der Waals surface area contributed by atoms with Crippen LogP contribution in [0.15, 0.2) is 47.4 Å². The average Bonchev–Trinajstić information content (AvgIpc) is 2.59. The summed E-state index contributed by atoms with van der Waals surface area (Å²) in [6, 6.07) is 12.0. The van der Waals surface area contributed by atoms with Crippen molar-refractivity contribution < 1.29 is 0 Å². The molecule has 0 amide bonds. The standard InChI is InChI=1S/C18H23N3OS/c1-23-17-10-6-5-9-16(17)20-15-11-18(22)21(19-12-15)13-14-7-3-2-4-8-14/h2-4,7-8,11-12,16-17,20H,5-6,9-10,13H2,1H3/t16-,17-/m1/s1. The predicted molar refractivity (Wildman–Crippen MR) is 97.2 cm³/mol. The number of hydrogen-bond donors (Lipinski definition) is 1. The van der Waals surface area contributed by atoms with Gasteiger partial charge < -0.3 is 5.32 Å². The first kappa shape index (κ1) is 16.1. The zero-order chi connectivity index (χ0) is 16.1. The molecule has 5 heteroatoms. The molecule has 0 unspecified atom stereocenters. The lowest BCUT2D eigenvalue weighted by atomic mass is 9.95. The van der Waals surface area contributed by atoms with Crippen molar-refractivity contribution in [1.82, 2.24) is 9.78 Å². The second-order valence-corrected chi connectivity index (χ2v) is 7.11. The van der Waals surface area contributed by atoms with Crippen LogP contribution in [0.5, 0.6) is 0 Å². The topological polar surface area (TPSA) is 46.9 Å². The lowest BCUT2D eigenvalue weighted by molar-refractivity contribution is 0.474. The summed E-state index contributed by atoms with van der Waals surface area (Å²) >= 11 is 1.92. The summed E-state index contributed by atoms with van der Waals surface area (Å²) in [5, 5.41) is 8.46. The second-order valence-electron chi connectivity index (χ2n) is 6.04. The Morgan fingerprint density at radius 1 is 1.26 bits per heavy atom. The highest BCUT2D eigenvalue weighted by Crippen LogP contribution is 2.29. The van der Waals surface area contributed by atoms with Gasteiger partial charge in [0.2, 0.25) is 0 Å². The largest absolute Gasteiger partial charge is 0.380 e. The number of aromatic nitrogens is 2. The van der Waals surface area contributed by atoms with E-state index in [0.717, 1.165) is 11.3 Å². The van der Waals surface area contributed by atoms with Crippen molar-refractivity contribution >= 4 is 17.4 Å². The summed E-state index contributed by atoms with van der Waals surface area (Å²) in [5.74, 6) is 0. The number of benzene rings is 1. The molecule has 1 aromatic heterocycles. The molecule has 23 heavy (non-hydrogen) atoms. The molecular weight excluding hydrogens is 306 g/mol. The van der Waals surface area contributed by atoms with Gasteiger partial charge in [0.15, 0.2) is 0 Å². The summed E-state index contributed by atoms with van der Waals surface area (Å²) in [5.41, 5.74) is 1.86. The van der Waals surface area contributed by atoms with Crippen LogP contribution in [0, 0.1) is 0 Å². The first-order valence-corrected chi connectivity index (χ1v) is 9.45. The number of thioether (sulfide) groups is 1. The average molecular weight is 329 g/mol. The van der Waals surface area contributed by atoms with Crippen LogP contribution in [0.2, 0.25) is 0 Å². The summed E-state index contributed by atoms with van der Waals surface area (Å²) in [7, 11) is 0. The number of hydrogen-bond acceptors (Lipinski definition) is 4. The van der Waals surface area contributed by atoms with Crippen molar-refractivity contribution in [2.75, 3.05) is 11.6 Å². The molecule has 1 aromatic carbocycles. The van der Waals surface area contributed by atoms with Crippen LogP contribution in [-0.2, 0) is 6.54 Å². The summed E-state index contributed by atoms with van der Waals surface area (Å²) in [6.45, 7) is 0.511. The molecule has 2 atom stereocenters. The van der Waals surface area contributed by atoms with E-state index in [9.17, 15) is 4.79 Å². The Kier molecular flexibility index (Phi) is 5.39. The zero-order valence-electron chi connectivity index (χ0n) is 13.4. The highest BCUT2D eigenvalue weighted by Gasteiger charge is 2.24. The fourth-order valence-electron chi connectivity index (χ4n) is 3.15. The number of nitrogens with one attached hydrogen (secondary N) is 1. The first-order chi connectivity index (χ1) is 11.3. The van der Waals surface area contributed by atoms with Gasteiger partial charge in [0.05, 0.1) is 18.4 Å². The van der Waals surface area contributed by atoms with Gasteiger partial charge in [-0.3, -0.25) is 4.79 Å². The first-order valence-electron chi connectivity index (χ1n) is 8.16. The maximum atomic E-state index is 12.3. The van der Waals surface area contributed by atoms with Gasteiger partial charge in [-0.05, 0) is 24.7 Å². The molecule has 1 N–H and O–H groups in total. The molecule has 1 aliphatic rings. The minimum atomic E-state index is -0.0598. The van der Waals surface area contributed by atoms with E-state index in [0.29, 0.717) is 17.8 Å². The van der Waals surface area contributed by atoms with Crippen LogP contribution < -0.4 is 10.9 Å². The van der Waals surface area contributed by atoms with Crippen molar-refractivity contribution in [2.24, 2.45) is 0 Å². The molecule has 0 aliphatic heterocycles. The quantitative estimate of drug-likeness (QED) is 0.913. The fourth-order valence-corrected chi connectivity index (χ4v) is 4.08. The van der Waals surface area contributed by atoms with Crippen LogP contribution >= 0.6 is 11.8 Å². The van der Waals surface area contributed by atoms with Gasteiger partial charge >= 0.3 is 0 Å². The summed E-state index contributed by atoms with van der Waals surface area (Å²) in [4.78, 5) is 12.3. The minimum absolute atomic E-state index is 0.0598. The van der Waals surface area contributed by atoms with Crippen molar-refractivity contribution in [1.29, 1.82) is 0 Å². The Balaban J connectivity index is 1.70. The van der Waals surface area contributed by atoms with Crippen LogP contribution in [0.25, 0.3) is 0 Å². The van der Waals surface area contributed by atoms with Crippen molar-refractivity contribution in [3.8, 4) is 0 Å². The molecule has 1 heterocycles. The SMILES string of the molecule is CS[C@@H]1CCCC[C@H]1Nc1cnn(Cc2ccccc2)c(=O)c1. The van der Waals surface area contributed by atoms with E-state index in [-0.39, 0.29) is 5.56 Å². The van der Waals surface area contributed by atoms with Gasteiger partial charge in [-0.2, -0.15) is 16.9 Å². The van der Waals surface area contributed by atoms with Gasteiger partial charge in [-0.1, -0.05) is 43.2 Å². The van der Waals surface area contributed by atoms with Crippen LogP contribution in [0.3, 0.4) is 0 Å². The fraction of sp³-hybridized carbons (Fsp3) is 0.444. The molecule has 122 valence electrons. The van der Waals surface area contributed by atoms with Crippen molar-refractivity contribution in [3.63, 3.8) is 0 Å². The Labute approximate surface area is 141 Å². The number of rotatable bonds is 5. The third-order valence-corrected chi connectivity index (χ3v) is 5.57. The molecule has 1 aliphatic carbocycles. The van der Waals surface area contributed by atoms with Crippen LogP contribution in [0.4, 0.5) is 5.69 Å². The molecular formula is C18H23N3OS. The molecule has 2 aromatic rings. The summed E-state index contributed by atoms with van der Waals surface area (Å²) < 4.78 is 1.51. The van der Waals surface area contributed by atoms with E-state index in [4.69, 9.17) is 0 Å². The lowest BCUT2D eigenvalue weighted by Gasteiger charge is -2.31. The molecule has 4 nitrogen and oxygen atoms in total. The molecule has 1 saturated carbocycles. The van der Waals surface area contributed by atoms with E-state index in [1.165, 1.54) is 30.4 Å². The number of nitrogens with zero attached hydrogens (tertiary/aromatic N) is 2. The van der Waals surface area contributed by atoms with E-state index in [1.807, 2.05) is 42.1 Å². The monoisotopic (exact) mass is 329 g/mol. The van der Waals surface area contributed by atoms with Gasteiger partial charge in [0.25, 0.3) is 5.56 Å². The third kappa shape index (κ3) is 4.16. The van der Waals surface area contributed by atoms with Gasteiger partial charge in [0.1, 0.15) is 0 Å². The molecule has 0 bridgehead atoms. The minimum Gasteiger partial charge on any atom is -0.380 e. The molecule has 0 spiro atoms. The third-order valence-electron chi connectivity index (χ3n) is 4.40. The summed E-state index contributed by atoms with van der Waals surface area (Å²) in [6.07, 6.45) is 8.92. The Morgan fingerprint density at radius 3 is 2.78 bits per heavy atom. The van der Waals surface area contributed by atoms with E-state index in [1.54, 1.807) is 12.3 Å². The Bertz CT molecular complexity index is 686.